The van der Waals surface area contributed by atoms with E-state index in [-0.39, 0.29) is 18.3 Å². The summed E-state index contributed by atoms with van der Waals surface area (Å²) in [7, 11) is 3.08. The zero-order valence-corrected chi connectivity index (χ0v) is 18.0. The van der Waals surface area contributed by atoms with Gasteiger partial charge in [-0.1, -0.05) is 6.92 Å². The summed E-state index contributed by atoms with van der Waals surface area (Å²) in [5.41, 5.74) is 0.400. The van der Waals surface area contributed by atoms with Crippen LogP contribution >= 0.6 is 44.3 Å². The van der Waals surface area contributed by atoms with E-state index in [1.165, 1.54) is 6.42 Å². The smallest absolute Gasteiger partial charge is 0.258 e. The molecule has 2 rings (SSSR count). The number of hydrogen-bond acceptors (Lipinski definition) is 4. The second kappa shape index (κ2) is 9.85. The minimum absolute atomic E-state index is 0. The third-order valence-corrected chi connectivity index (χ3v) is 5.36. The van der Waals surface area contributed by atoms with Crippen LogP contribution in [0.15, 0.2) is 15.0 Å². The van der Waals surface area contributed by atoms with Gasteiger partial charge in [-0.3, -0.25) is 9.69 Å². The lowest BCUT2D eigenvalue weighted by atomic mass is 10.1. The second-order valence-corrected chi connectivity index (χ2v) is 7.13. The van der Waals surface area contributed by atoms with Crippen LogP contribution in [-0.2, 0) is 0 Å². The maximum atomic E-state index is 12.7. The van der Waals surface area contributed by atoms with E-state index in [9.17, 15) is 4.79 Å². The Bertz CT molecular complexity index is 559. The van der Waals surface area contributed by atoms with Crippen LogP contribution in [0.25, 0.3) is 0 Å². The Labute approximate surface area is 166 Å². The Morgan fingerprint density at radius 3 is 2.38 bits per heavy atom. The van der Waals surface area contributed by atoms with Crippen LogP contribution in [-0.4, -0.2) is 50.7 Å². The van der Waals surface area contributed by atoms with Gasteiger partial charge in [0.25, 0.3) is 5.91 Å². The normalized spacial score (nSPS) is 17.3. The van der Waals surface area contributed by atoms with Crippen molar-refractivity contribution in [2.45, 2.75) is 25.8 Å². The van der Waals surface area contributed by atoms with Gasteiger partial charge < -0.3 is 14.8 Å². The van der Waals surface area contributed by atoms with Gasteiger partial charge in [0.1, 0.15) is 17.1 Å². The summed E-state index contributed by atoms with van der Waals surface area (Å²) in [5, 5.41) is 3.03. The first-order chi connectivity index (χ1) is 11.0. The molecule has 1 fully saturated rings. The molecule has 0 bridgehead atoms. The number of nitrogens with one attached hydrogen (secondary N) is 1. The third kappa shape index (κ3) is 4.56. The topological polar surface area (TPSA) is 50.8 Å². The molecule has 0 aromatic heterocycles. The molecule has 0 aliphatic carbocycles. The predicted molar refractivity (Wildman–Crippen MR) is 105 cm³/mol. The number of likely N-dealkylation sites (tertiary alicyclic amines) is 1. The number of hydrogen-bond donors (Lipinski definition) is 1. The highest BCUT2D eigenvalue weighted by Gasteiger charge is 2.27. The predicted octanol–water partition coefficient (Wildman–Crippen LogP) is 3.86. The first-order valence-electron chi connectivity index (χ1n) is 7.65. The SMILES string of the molecule is CCN1CCCC1CNC(=O)c1c(OC)c(Br)cc(Br)c1OC.Cl. The molecule has 5 nitrogen and oxygen atoms in total. The lowest BCUT2D eigenvalue weighted by Gasteiger charge is -2.23. The van der Waals surface area contributed by atoms with Crippen molar-refractivity contribution in [3.05, 3.63) is 20.6 Å². The van der Waals surface area contributed by atoms with Crippen molar-refractivity contribution in [2.24, 2.45) is 0 Å². The van der Waals surface area contributed by atoms with Crippen molar-refractivity contribution in [3.63, 3.8) is 0 Å². The lowest BCUT2D eigenvalue weighted by Crippen LogP contribution is -2.40. The zero-order chi connectivity index (χ0) is 17.0. The molecular formula is C16H23Br2ClN2O3. The van der Waals surface area contributed by atoms with Gasteiger partial charge in [-0.25, -0.2) is 0 Å². The molecule has 1 unspecified atom stereocenters. The van der Waals surface area contributed by atoms with E-state index in [1.54, 1.807) is 14.2 Å². The molecule has 1 saturated heterocycles. The summed E-state index contributed by atoms with van der Waals surface area (Å²) < 4.78 is 12.2. The summed E-state index contributed by atoms with van der Waals surface area (Å²) >= 11 is 6.86. The number of amides is 1. The van der Waals surface area contributed by atoms with Crippen LogP contribution in [0, 0.1) is 0 Å². The zero-order valence-electron chi connectivity index (χ0n) is 14.0. The number of carbonyl (C=O) groups is 1. The Hall–Kier alpha value is -0.500. The van der Waals surface area contributed by atoms with E-state index in [0.717, 1.165) is 19.5 Å². The van der Waals surface area contributed by atoms with E-state index in [2.05, 4.69) is 49.0 Å². The Morgan fingerprint density at radius 1 is 1.29 bits per heavy atom. The maximum absolute atomic E-state index is 12.7. The minimum atomic E-state index is -0.191. The number of nitrogens with zero attached hydrogens (tertiary/aromatic N) is 1. The number of rotatable bonds is 6. The number of ether oxygens (including phenoxy) is 2. The lowest BCUT2D eigenvalue weighted by molar-refractivity contribution is 0.0935. The molecule has 0 saturated carbocycles. The van der Waals surface area contributed by atoms with Crippen LogP contribution in [0.3, 0.4) is 0 Å². The fraction of sp³-hybridized carbons (Fsp3) is 0.562. The van der Waals surface area contributed by atoms with Gasteiger partial charge in [-0.15, -0.1) is 12.4 Å². The summed E-state index contributed by atoms with van der Waals surface area (Å²) in [6, 6.07) is 2.21. The van der Waals surface area contributed by atoms with Gasteiger partial charge in [0.2, 0.25) is 0 Å². The van der Waals surface area contributed by atoms with E-state index < -0.39 is 0 Å². The number of methoxy groups -OCH3 is 2. The van der Waals surface area contributed by atoms with Crippen LogP contribution in [0.5, 0.6) is 11.5 Å². The van der Waals surface area contributed by atoms with Gasteiger partial charge in [0, 0.05) is 12.6 Å². The molecule has 136 valence electrons. The highest BCUT2D eigenvalue weighted by molar-refractivity contribution is 9.11. The van der Waals surface area contributed by atoms with Crippen molar-refractivity contribution in [1.29, 1.82) is 0 Å². The van der Waals surface area contributed by atoms with Crippen LogP contribution in [0.4, 0.5) is 0 Å². The third-order valence-electron chi connectivity index (χ3n) is 4.18. The first kappa shape index (κ1) is 21.5. The molecule has 1 N–H and O–H groups in total. The van der Waals surface area contributed by atoms with Crippen molar-refractivity contribution < 1.29 is 14.3 Å². The van der Waals surface area contributed by atoms with Crippen LogP contribution in [0.2, 0.25) is 0 Å². The van der Waals surface area contributed by atoms with E-state index in [1.807, 2.05) is 6.07 Å². The number of carbonyl (C=O) groups excluding carboxylic acids is 1. The van der Waals surface area contributed by atoms with Crippen molar-refractivity contribution in [2.75, 3.05) is 33.9 Å². The molecule has 24 heavy (non-hydrogen) atoms. The highest BCUT2D eigenvalue weighted by Crippen LogP contribution is 2.41. The summed E-state index contributed by atoms with van der Waals surface area (Å²) in [6.45, 7) is 4.89. The maximum Gasteiger partial charge on any atom is 0.258 e. The Balaban J connectivity index is 0.00000288. The molecule has 1 aliphatic rings. The highest BCUT2D eigenvalue weighted by atomic mass is 79.9. The molecule has 1 amide bonds. The average molecular weight is 487 g/mol. The molecule has 8 heteroatoms. The van der Waals surface area contributed by atoms with Gasteiger partial charge in [-0.2, -0.15) is 0 Å². The second-order valence-electron chi connectivity index (χ2n) is 5.42. The summed E-state index contributed by atoms with van der Waals surface area (Å²) in [5.74, 6) is 0.756. The summed E-state index contributed by atoms with van der Waals surface area (Å²) in [6.07, 6.45) is 2.30. The quantitative estimate of drug-likeness (QED) is 0.664. The number of benzene rings is 1. The van der Waals surface area contributed by atoms with E-state index in [4.69, 9.17) is 9.47 Å². The minimum Gasteiger partial charge on any atom is -0.495 e. The molecular weight excluding hydrogens is 463 g/mol. The summed E-state index contributed by atoms with van der Waals surface area (Å²) in [4.78, 5) is 15.1. The van der Waals surface area contributed by atoms with E-state index in [0.29, 0.717) is 38.6 Å². The number of halogens is 3. The van der Waals surface area contributed by atoms with E-state index >= 15 is 0 Å². The Morgan fingerprint density at radius 2 is 1.88 bits per heavy atom. The number of likely N-dealkylation sites (N-methyl/N-ethyl adjacent to an activating group) is 1. The average Bonchev–Trinajstić information content (AvgIpc) is 2.99. The molecule has 0 spiro atoms. The molecule has 1 aromatic carbocycles. The largest absolute Gasteiger partial charge is 0.495 e. The van der Waals surface area contributed by atoms with Crippen molar-refractivity contribution in [1.82, 2.24) is 10.2 Å². The van der Waals surface area contributed by atoms with Gasteiger partial charge in [0.15, 0.2) is 0 Å². The van der Waals surface area contributed by atoms with Crippen LogP contribution < -0.4 is 14.8 Å². The van der Waals surface area contributed by atoms with Crippen molar-refractivity contribution in [3.8, 4) is 11.5 Å². The monoisotopic (exact) mass is 484 g/mol. The van der Waals surface area contributed by atoms with Gasteiger partial charge in [0.05, 0.1) is 23.2 Å². The fourth-order valence-corrected chi connectivity index (χ4v) is 4.52. The standard InChI is InChI=1S/C16H22Br2N2O3.ClH/c1-4-20-7-5-6-10(20)9-19-16(21)13-14(22-2)11(17)8-12(18)15(13)23-3;/h8,10H,4-7,9H2,1-3H3,(H,19,21);1H. The molecule has 1 atom stereocenters. The van der Waals surface area contributed by atoms with Crippen LogP contribution in [0.1, 0.15) is 30.1 Å². The van der Waals surface area contributed by atoms with Gasteiger partial charge in [-0.05, 0) is 63.9 Å². The first-order valence-corrected chi connectivity index (χ1v) is 9.24. The fourth-order valence-electron chi connectivity index (χ4n) is 3.03. The Kier molecular flexibility index (Phi) is 8.84. The molecule has 1 aliphatic heterocycles. The molecule has 0 radical (unpaired) electrons. The molecule has 1 heterocycles. The van der Waals surface area contributed by atoms with Crippen molar-refractivity contribution >= 4 is 50.2 Å². The molecule has 1 aromatic rings. The van der Waals surface area contributed by atoms with Gasteiger partial charge >= 0.3 is 0 Å².